The zero-order valence-corrected chi connectivity index (χ0v) is 9.23. The number of carboxylic acid groups (broad SMARTS) is 1. The first-order chi connectivity index (χ1) is 7.56. The number of likely N-dealkylation sites (N-methyl/N-ethyl adjacent to an activating group) is 1. The molecule has 0 aromatic carbocycles. The molecule has 0 saturated carbocycles. The van der Waals surface area contributed by atoms with Gasteiger partial charge in [-0.2, -0.15) is 0 Å². The number of likely N-dealkylation sites (tertiary alicyclic amines) is 1. The average Bonchev–Trinajstić information content (AvgIpc) is 2.27. The summed E-state index contributed by atoms with van der Waals surface area (Å²) in [7, 11) is 1.51. The number of carbonyl (C=O) groups excluding carboxylic acids is 2. The molecule has 90 valence electrons. The largest absolute Gasteiger partial charge is 0.481 e. The number of nitrogens with zero attached hydrogens (tertiary/aromatic N) is 1. The minimum atomic E-state index is -1.16. The Morgan fingerprint density at radius 2 is 2.06 bits per heavy atom. The van der Waals surface area contributed by atoms with Crippen molar-refractivity contribution in [2.75, 3.05) is 13.6 Å². The first kappa shape index (κ1) is 12.5. The van der Waals surface area contributed by atoms with Crippen molar-refractivity contribution in [1.82, 2.24) is 10.2 Å². The van der Waals surface area contributed by atoms with Crippen LogP contribution < -0.4 is 5.32 Å². The minimum absolute atomic E-state index is 0.224. The van der Waals surface area contributed by atoms with E-state index in [1.807, 2.05) is 0 Å². The molecule has 1 saturated heterocycles. The molecular weight excluding hydrogens is 212 g/mol. The predicted molar refractivity (Wildman–Crippen MR) is 55.7 cm³/mol. The van der Waals surface area contributed by atoms with E-state index in [4.69, 9.17) is 5.11 Å². The van der Waals surface area contributed by atoms with E-state index in [2.05, 4.69) is 5.32 Å². The molecule has 1 unspecified atom stereocenters. The molecular formula is C10H16N2O4. The molecule has 0 aromatic heterocycles. The van der Waals surface area contributed by atoms with Crippen LogP contribution >= 0.6 is 0 Å². The van der Waals surface area contributed by atoms with Gasteiger partial charge in [-0.1, -0.05) is 0 Å². The molecule has 1 fully saturated rings. The molecule has 1 aliphatic heterocycles. The second kappa shape index (κ2) is 5.48. The van der Waals surface area contributed by atoms with Crippen LogP contribution in [0.3, 0.4) is 0 Å². The van der Waals surface area contributed by atoms with Gasteiger partial charge < -0.3 is 15.3 Å². The fraction of sp³-hybridized carbons (Fsp3) is 0.700. The van der Waals surface area contributed by atoms with Crippen LogP contribution in [0.2, 0.25) is 0 Å². The van der Waals surface area contributed by atoms with Gasteiger partial charge in [0, 0.05) is 13.6 Å². The first-order valence-corrected chi connectivity index (χ1v) is 5.29. The van der Waals surface area contributed by atoms with Gasteiger partial charge in [-0.25, -0.2) is 0 Å². The lowest BCUT2D eigenvalue weighted by molar-refractivity contribution is -0.149. The summed E-state index contributed by atoms with van der Waals surface area (Å²) in [5, 5.41) is 11.0. The quantitative estimate of drug-likeness (QED) is 0.643. The number of nitrogens with one attached hydrogen (secondary N) is 1. The van der Waals surface area contributed by atoms with E-state index in [0.717, 1.165) is 12.8 Å². The van der Waals surface area contributed by atoms with Crippen LogP contribution in [-0.2, 0) is 14.4 Å². The van der Waals surface area contributed by atoms with Crippen molar-refractivity contribution in [2.24, 2.45) is 0 Å². The van der Waals surface area contributed by atoms with Crippen molar-refractivity contribution in [1.29, 1.82) is 0 Å². The Balaban J connectivity index is 2.69. The molecule has 0 aromatic rings. The highest BCUT2D eigenvalue weighted by atomic mass is 16.4. The summed E-state index contributed by atoms with van der Waals surface area (Å²) >= 11 is 0. The topological polar surface area (TPSA) is 86.7 Å². The van der Waals surface area contributed by atoms with Gasteiger partial charge in [-0.3, -0.25) is 14.4 Å². The van der Waals surface area contributed by atoms with E-state index in [0.29, 0.717) is 13.0 Å². The Labute approximate surface area is 93.6 Å². The number of piperidine rings is 1. The van der Waals surface area contributed by atoms with Gasteiger partial charge in [0.1, 0.15) is 12.5 Å². The molecule has 6 nitrogen and oxygen atoms in total. The number of carboxylic acids is 1. The first-order valence-electron chi connectivity index (χ1n) is 5.29. The predicted octanol–water partition coefficient (Wildman–Crippen LogP) is -0.412. The van der Waals surface area contributed by atoms with Gasteiger partial charge in [0.15, 0.2) is 0 Å². The molecule has 6 heteroatoms. The highest BCUT2D eigenvalue weighted by Gasteiger charge is 2.31. The lowest BCUT2D eigenvalue weighted by Crippen LogP contribution is -2.51. The van der Waals surface area contributed by atoms with Crippen molar-refractivity contribution in [3.05, 3.63) is 0 Å². The van der Waals surface area contributed by atoms with Crippen LogP contribution in [0, 0.1) is 0 Å². The van der Waals surface area contributed by atoms with E-state index in [9.17, 15) is 14.4 Å². The zero-order chi connectivity index (χ0) is 12.1. The van der Waals surface area contributed by atoms with Crippen LogP contribution in [0.25, 0.3) is 0 Å². The summed E-state index contributed by atoms with van der Waals surface area (Å²) in [6.07, 6.45) is 1.76. The van der Waals surface area contributed by atoms with Crippen molar-refractivity contribution in [3.8, 4) is 0 Å². The summed E-state index contributed by atoms with van der Waals surface area (Å²) in [4.78, 5) is 34.9. The summed E-state index contributed by atoms with van der Waals surface area (Å²) in [5.41, 5.74) is 0. The van der Waals surface area contributed by atoms with Crippen molar-refractivity contribution >= 4 is 17.8 Å². The molecule has 0 spiro atoms. The molecule has 1 atom stereocenters. The Hall–Kier alpha value is -1.59. The normalized spacial score (nSPS) is 20.3. The summed E-state index contributed by atoms with van der Waals surface area (Å²) in [5.74, 6) is -1.87. The van der Waals surface area contributed by atoms with Crippen LogP contribution in [0.4, 0.5) is 0 Å². The second-order valence-electron chi connectivity index (χ2n) is 3.78. The monoisotopic (exact) mass is 228 g/mol. The Morgan fingerprint density at radius 3 is 2.62 bits per heavy atom. The maximum atomic E-state index is 11.6. The van der Waals surface area contributed by atoms with Gasteiger partial charge in [-0.15, -0.1) is 0 Å². The molecule has 0 bridgehead atoms. The zero-order valence-electron chi connectivity index (χ0n) is 9.23. The van der Waals surface area contributed by atoms with E-state index >= 15 is 0 Å². The standard InChI is InChI=1S/C10H16N2O4/c1-11-10(16)7-4-2-3-5-12(7)8(13)6-9(14)15/h7H,2-6H2,1H3,(H,11,16)(H,14,15). The Bertz CT molecular complexity index is 303. The third kappa shape index (κ3) is 2.95. The molecule has 2 N–H and O–H groups in total. The molecule has 16 heavy (non-hydrogen) atoms. The Kier molecular flexibility index (Phi) is 4.28. The molecule has 1 heterocycles. The maximum Gasteiger partial charge on any atom is 0.312 e. The van der Waals surface area contributed by atoms with E-state index in [-0.39, 0.29) is 5.91 Å². The van der Waals surface area contributed by atoms with Crippen LogP contribution in [0.15, 0.2) is 0 Å². The van der Waals surface area contributed by atoms with Gasteiger partial charge in [0.2, 0.25) is 11.8 Å². The van der Waals surface area contributed by atoms with Crippen molar-refractivity contribution in [3.63, 3.8) is 0 Å². The lowest BCUT2D eigenvalue weighted by Gasteiger charge is -2.34. The fourth-order valence-corrected chi connectivity index (χ4v) is 1.90. The summed E-state index contributed by atoms with van der Waals surface area (Å²) in [6.45, 7) is 0.462. The molecule has 2 amide bonds. The van der Waals surface area contributed by atoms with Gasteiger partial charge in [-0.05, 0) is 19.3 Å². The fourth-order valence-electron chi connectivity index (χ4n) is 1.90. The van der Waals surface area contributed by atoms with Crippen LogP contribution in [0.5, 0.6) is 0 Å². The van der Waals surface area contributed by atoms with Crippen LogP contribution in [-0.4, -0.2) is 47.4 Å². The van der Waals surface area contributed by atoms with E-state index in [1.165, 1.54) is 11.9 Å². The number of rotatable bonds is 3. The number of hydrogen-bond acceptors (Lipinski definition) is 3. The van der Waals surface area contributed by atoms with Crippen molar-refractivity contribution < 1.29 is 19.5 Å². The number of hydrogen-bond donors (Lipinski definition) is 2. The van der Waals surface area contributed by atoms with Crippen molar-refractivity contribution in [2.45, 2.75) is 31.7 Å². The highest BCUT2D eigenvalue weighted by molar-refractivity contribution is 5.96. The average molecular weight is 228 g/mol. The van der Waals surface area contributed by atoms with Gasteiger partial charge in [0.25, 0.3) is 0 Å². The van der Waals surface area contributed by atoms with Crippen LogP contribution in [0.1, 0.15) is 25.7 Å². The minimum Gasteiger partial charge on any atom is -0.481 e. The van der Waals surface area contributed by atoms with Gasteiger partial charge >= 0.3 is 5.97 Å². The summed E-state index contributed by atoms with van der Waals surface area (Å²) < 4.78 is 0. The molecule has 1 rings (SSSR count). The highest BCUT2D eigenvalue weighted by Crippen LogP contribution is 2.18. The number of amides is 2. The second-order valence-corrected chi connectivity index (χ2v) is 3.78. The summed E-state index contributed by atoms with van der Waals surface area (Å²) in [6, 6.07) is -0.509. The molecule has 0 aliphatic carbocycles. The lowest BCUT2D eigenvalue weighted by atomic mass is 10.0. The van der Waals surface area contributed by atoms with Gasteiger partial charge in [0.05, 0.1) is 0 Å². The number of carbonyl (C=O) groups is 3. The maximum absolute atomic E-state index is 11.6. The Morgan fingerprint density at radius 1 is 1.38 bits per heavy atom. The molecule has 1 aliphatic rings. The SMILES string of the molecule is CNC(=O)C1CCCCN1C(=O)CC(=O)O. The molecule has 0 radical (unpaired) electrons. The number of aliphatic carboxylic acids is 1. The third-order valence-electron chi connectivity index (χ3n) is 2.67. The van der Waals surface area contributed by atoms with E-state index < -0.39 is 24.3 Å². The third-order valence-corrected chi connectivity index (χ3v) is 2.67. The smallest absolute Gasteiger partial charge is 0.312 e. The van der Waals surface area contributed by atoms with E-state index in [1.54, 1.807) is 0 Å².